The molecule has 0 aliphatic carbocycles. The number of nitrogens with zero attached hydrogens (tertiary/aromatic N) is 1. The van der Waals surface area contributed by atoms with Gasteiger partial charge >= 0.3 is 0 Å². The van der Waals surface area contributed by atoms with Gasteiger partial charge in [0.1, 0.15) is 5.82 Å². The minimum Gasteiger partial charge on any atom is -0.398 e. The van der Waals surface area contributed by atoms with Crippen molar-refractivity contribution in [2.24, 2.45) is 0 Å². The van der Waals surface area contributed by atoms with Crippen molar-refractivity contribution in [2.45, 2.75) is 40.0 Å². The van der Waals surface area contributed by atoms with Gasteiger partial charge in [-0.15, -0.1) is 0 Å². The lowest BCUT2D eigenvalue weighted by Crippen LogP contribution is -2.11. The molecular weight excluding hydrogens is 398 g/mol. The number of aromatic amines is 1. The van der Waals surface area contributed by atoms with Gasteiger partial charge in [-0.2, -0.15) is 0 Å². The summed E-state index contributed by atoms with van der Waals surface area (Å²) in [6, 6.07) is 10.5. The average Bonchev–Trinajstić information content (AvgIpc) is 2.97. The maximum Gasteiger partial charge on any atom is 0.140 e. The van der Waals surface area contributed by atoms with Crippen LogP contribution in [0.1, 0.15) is 37.5 Å². The fourth-order valence-electron chi connectivity index (χ4n) is 2.64. The Labute approximate surface area is 170 Å². The maximum absolute atomic E-state index is 6.27. The predicted octanol–water partition coefficient (Wildman–Crippen LogP) is 4.72. The highest BCUT2D eigenvalue weighted by Crippen LogP contribution is 2.31. The number of fused-ring (bicyclic) bond motifs is 1. The van der Waals surface area contributed by atoms with Gasteiger partial charge in [0, 0.05) is 51.4 Å². The lowest BCUT2D eigenvalue weighted by Gasteiger charge is -2.20. The van der Waals surface area contributed by atoms with Crippen LogP contribution in [-0.4, -0.2) is 9.97 Å². The van der Waals surface area contributed by atoms with Crippen LogP contribution in [0.5, 0.6) is 0 Å². The number of rotatable bonds is 1. The number of anilines is 1. The van der Waals surface area contributed by atoms with Crippen molar-refractivity contribution in [3.63, 3.8) is 0 Å². The highest BCUT2D eigenvalue weighted by molar-refractivity contribution is 8.51. The molecule has 1 heterocycles. The van der Waals surface area contributed by atoms with Crippen molar-refractivity contribution < 1.29 is 0 Å². The van der Waals surface area contributed by atoms with Crippen LogP contribution in [0, 0.1) is 13.8 Å². The van der Waals surface area contributed by atoms with E-state index in [1.54, 1.807) is 0 Å². The molecule has 3 rings (SSSR count). The van der Waals surface area contributed by atoms with E-state index >= 15 is 0 Å². The maximum atomic E-state index is 6.27. The summed E-state index contributed by atoms with van der Waals surface area (Å²) in [5.41, 5.74) is 13.9. The number of nitrogens with two attached hydrogens (primary N) is 1. The highest BCUT2D eigenvalue weighted by Gasteiger charge is 2.16. The Morgan fingerprint density at radius 3 is 2.15 bits per heavy atom. The topological polar surface area (TPSA) is 54.7 Å². The largest absolute Gasteiger partial charge is 0.398 e. The normalized spacial score (nSPS) is 11.0. The summed E-state index contributed by atoms with van der Waals surface area (Å²) < 4.78 is 0. The molecule has 3 aromatic rings. The quantitative estimate of drug-likeness (QED) is 0.558. The molecule has 0 atom stereocenters. The second kappa shape index (κ2) is 8.52. The molecule has 26 heavy (non-hydrogen) atoms. The van der Waals surface area contributed by atoms with Gasteiger partial charge in [0.25, 0.3) is 0 Å². The molecule has 0 saturated heterocycles. The Morgan fingerprint density at radius 2 is 1.62 bits per heavy atom. The number of hydrogen-bond donors (Lipinski definition) is 2. The third-order valence-corrected chi connectivity index (χ3v) is 6.52. The van der Waals surface area contributed by atoms with E-state index in [1.807, 2.05) is 0 Å². The molecule has 0 aliphatic heterocycles. The number of benzene rings is 2. The first-order valence-corrected chi connectivity index (χ1v) is 12.1. The van der Waals surface area contributed by atoms with Crippen molar-refractivity contribution in [1.29, 1.82) is 0 Å². The monoisotopic (exact) mass is 421 g/mol. The van der Waals surface area contributed by atoms with Crippen LogP contribution in [0.3, 0.4) is 0 Å². The van der Waals surface area contributed by atoms with Gasteiger partial charge in [0.2, 0.25) is 0 Å². The Balaban J connectivity index is 0.000000552. The second-order valence-corrected chi connectivity index (χ2v) is 10.8. The predicted molar refractivity (Wildman–Crippen MR) is 124 cm³/mol. The standard InChI is InChI=1S/C19H23N3.S4/c1-11-8-16-17(9-12(11)2)22-18(21-16)14-7-6-13(10-15(14)20)19(3,4)5;1-3-4-2/h6-10H,20H2,1-5H3,(H,21,22);. The van der Waals surface area contributed by atoms with E-state index in [0.717, 1.165) is 28.1 Å². The van der Waals surface area contributed by atoms with Gasteiger partial charge in [-0.05, 0) is 60.2 Å². The fourth-order valence-corrected chi connectivity index (χ4v) is 2.64. The van der Waals surface area contributed by atoms with Crippen molar-refractivity contribution in [3.8, 4) is 11.4 Å². The van der Waals surface area contributed by atoms with Gasteiger partial charge in [0.15, 0.2) is 0 Å². The number of aromatic nitrogens is 2. The first-order valence-electron chi connectivity index (χ1n) is 8.13. The Kier molecular flexibility index (Phi) is 6.85. The zero-order valence-corrected chi connectivity index (χ0v) is 18.8. The molecule has 0 spiro atoms. The first-order chi connectivity index (χ1) is 12.2. The SMILES string of the molecule is Cc1cc2nc(-c3ccc(C(C)(C)C)cc3N)[nH]c2cc1C.S=S=S=S. The third-order valence-electron chi connectivity index (χ3n) is 4.30. The molecule has 3 N–H and O–H groups in total. The van der Waals surface area contributed by atoms with Gasteiger partial charge < -0.3 is 10.7 Å². The number of aryl methyl sites for hydroxylation is 2. The van der Waals surface area contributed by atoms with Gasteiger partial charge in [-0.1, -0.05) is 26.8 Å². The van der Waals surface area contributed by atoms with E-state index in [1.165, 1.54) is 34.5 Å². The Hall–Kier alpha value is -1.41. The third kappa shape index (κ3) is 4.85. The lowest BCUT2D eigenvalue weighted by molar-refractivity contribution is 0.590. The van der Waals surface area contributed by atoms with Crippen LogP contribution < -0.4 is 5.73 Å². The molecule has 3 nitrogen and oxygen atoms in total. The Bertz CT molecular complexity index is 972. The summed E-state index contributed by atoms with van der Waals surface area (Å²) >= 11 is 8.66. The zero-order valence-electron chi connectivity index (χ0n) is 15.5. The molecular formula is C19H23N3S4. The number of hydrogen-bond acceptors (Lipinski definition) is 4. The van der Waals surface area contributed by atoms with E-state index in [9.17, 15) is 0 Å². The molecule has 138 valence electrons. The van der Waals surface area contributed by atoms with Crippen LogP contribution in [0.2, 0.25) is 0 Å². The molecule has 7 heteroatoms. The van der Waals surface area contributed by atoms with Crippen LogP contribution in [0.15, 0.2) is 30.3 Å². The first kappa shape index (κ1) is 20.9. The minimum absolute atomic E-state index is 0.0920. The number of imidazole rings is 1. The number of nitrogen functional groups attached to an aromatic ring is 1. The Morgan fingerprint density at radius 1 is 1.00 bits per heavy atom. The lowest BCUT2D eigenvalue weighted by atomic mass is 9.86. The highest BCUT2D eigenvalue weighted by atomic mass is 33.2. The van der Waals surface area contributed by atoms with Crippen molar-refractivity contribution in [3.05, 3.63) is 47.0 Å². The molecule has 0 saturated carbocycles. The summed E-state index contributed by atoms with van der Waals surface area (Å²) in [6.07, 6.45) is 0. The van der Waals surface area contributed by atoms with Crippen molar-refractivity contribution in [2.75, 3.05) is 5.73 Å². The molecule has 0 fully saturated rings. The van der Waals surface area contributed by atoms with Gasteiger partial charge in [-0.25, -0.2) is 4.98 Å². The zero-order chi connectivity index (χ0) is 19.5. The summed E-state index contributed by atoms with van der Waals surface area (Å²) in [4.78, 5) is 8.09. The van der Waals surface area contributed by atoms with Gasteiger partial charge in [-0.3, -0.25) is 0 Å². The van der Waals surface area contributed by atoms with Crippen LogP contribution in [0.4, 0.5) is 5.69 Å². The van der Waals surface area contributed by atoms with Crippen LogP contribution in [-0.2, 0) is 45.6 Å². The molecule has 0 unspecified atom stereocenters. The summed E-state index contributed by atoms with van der Waals surface area (Å²) in [6.45, 7) is 10.8. The van der Waals surface area contributed by atoms with Crippen molar-refractivity contribution in [1.82, 2.24) is 9.97 Å². The summed E-state index contributed by atoms with van der Waals surface area (Å²) in [5.74, 6) is 0.831. The molecule has 0 bridgehead atoms. The average molecular weight is 422 g/mol. The van der Waals surface area contributed by atoms with Crippen LogP contribution >= 0.6 is 0 Å². The molecule has 0 radical (unpaired) electrons. The smallest absolute Gasteiger partial charge is 0.140 e. The van der Waals surface area contributed by atoms with E-state index < -0.39 is 0 Å². The van der Waals surface area contributed by atoms with E-state index in [4.69, 9.17) is 10.7 Å². The second-order valence-electron chi connectivity index (χ2n) is 7.23. The van der Waals surface area contributed by atoms with Gasteiger partial charge in [0.05, 0.1) is 11.0 Å². The fraction of sp³-hybridized carbons (Fsp3) is 0.316. The number of H-pyrrole nitrogens is 1. The minimum atomic E-state index is 0.0920. The molecule has 0 aliphatic rings. The molecule has 1 aromatic heterocycles. The number of nitrogens with one attached hydrogen (secondary N) is 1. The van der Waals surface area contributed by atoms with E-state index in [2.05, 4.69) is 92.3 Å². The molecule has 2 aromatic carbocycles. The van der Waals surface area contributed by atoms with Crippen molar-refractivity contribution >= 4 is 56.9 Å². The molecule has 0 amide bonds. The van der Waals surface area contributed by atoms with E-state index in [-0.39, 0.29) is 5.41 Å². The summed E-state index contributed by atoms with van der Waals surface area (Å²) in [7, 11) is 2.34. The van der Waals surface area contributed by atoms with Crippen LogP contribution in [0.25, 0.3) is 22.4 Å². The summed E-state index contributed by atoms with van der Waals surface area (Å²) in [5, 5.41) is 0. The van der Waals surface area contributed by atoms with E-state index in [0.29, 0.717) is 0 Å².